The van der Waals surface area contributed by atoms with E-state index in [1.54, 1.807) is 0 Å². The fourth-order valence-electron chi connectivity index (χ4n) is 0.989. The Hall–Kier alpha value is -0.450. The molecule has 0 atom stereocenters. The van der Waals surface area contributed by atoms with Crippen molar-refractivity contribution in [2.75, 3.05) is 6.61 Å². The molecule has 0 bridgehead atoms. The molecule has 0 N–H and O–H groups in total. The molecular weight excluding hydrogens is 259 g/mol. The zero-order chi connectivity index (χ0) is 11.5. The lowest BCUT2D eigenvalue weighted by atomic mass is 10.3. The van der Waals surface area contributed by atoms with Crippen molar-refractivity contribution in [3.63, 3.8) is 0 Å². The van der Waals surface area contributed by atoms with E-state index in [9.17, 15) is 8.42 Å². The molecule has 0 fully saturated rings. The van der Waals surface area contributed by atoms with Gasteiger partial charge in [-0.1, -0.05) is 18.5 Å². The van der Waals surface area contributed by atoms with Crippen molar-refractivity contribution in [2.24, 2.45) is 0 Å². The van der Waals surface area contributed by atoms with Crippen molar-refractivity contribution < 1.29 is 13.2 Å². The molecule has 0 aliphatic heterocycles. The van der Waals surface area contributed by atoms with E-state index in [2.05, 4.69) is 0 Å². The highest BCUT2D eigenvalue weighted by molar-refractivity contribution is 8.13. The smallest absolute Gasteiger partial charge is 0.262 e. The summed E-state index contributed by atoms with van der Waals surface area (Å²) in [6.07, 6.45) is 0.868. The van der Waals surface area contributed by atoms with Crippen LogP contribution in [0.25, 0.3) is 0 Å². The number of rotatable bonds is 4. The van der Waals surface area contributed by atoms with Crippen molar-refractivity contribution in [3.8, 4) is 5.75 Å². The van der Waals surface area contributed by atoms with Gasteiger partial charge in [-0.2, -0.15) is 0 Å². The summed E-state index contributed by atoms with van der Waals surface area (Å²) in [4.78, 5) is -0.102. The topological polar surface area (TPSA) is 43.4 Å². The van der Waals surface area contributed by atoms with Crippen LogP contribution in [0.2, 0.25) is 5.02 Å². The molecular formula is C9H10Cl2O3S. The molecule has 3 nitrogen and oxygen atoms in total. The maximum Gasteiger partial charge on any atom is 0.262 e. The molecule has 1 aromatic rings. The number of halogens is 2. The molecule has 0 amide bonds. The van der Waals surface area contributed by atoms with Crippen molar-refractivity contribution in [1.82, 2.24) is 0 Å². The van der Waals surface area contributed by atoms with Gasteiger partial charge in [-0.15, -0.1) is 0 Å². The molecule has 1 aromatic carbocycles. The van der Waals surface area contributed by atoms with Gasteiger partial charge in [0.05, 0.1) is 11.6 Å². The summed E-state index contributed by atoms with van der Waals surface area (Å²) in [7, 11) is 1.38. The van der Waals surface area contributed by atoms with Gasteiger partial charge in [0.15, 0.2) is 0 Å². The molecule has 0 heterocycles. The summed E-state index contributed by atoms with van der Waals surface area (Å²) in [5, 5.41) is 0.0682. The number of ether oxygens (including phenoxy) is 1. The standard InChI is InChI=1S/C9H10Cl2O3S/c1-2-5-14-7-3-4-9(8(10)6-7)15(11,12)13/h3-4,6H,2,5H2,1H3. The molecule has 0 radical (unpaired) electrons. The maximum absolute atomic E-state index is 11.0. The van der Waals surface area contributed by atoms with Crippen LogP contribution in [0.1, 0.15) is 13.3 Å². The second-order valence-electron chi connectivity index (χ2n) is 2.88. The molecule has 15 heavy (non-hydrogen) atoms. The van der Waals surface area contributed by atoms with Gasteiger partial charge in [0.1, 0.15) is 10.6 Å². The van der Waals surface area contributed by atoms with E-state index in [1.165, 1.54) is 18.2 Å². The molecule has 6 heteroatoms. The van der Waals surface area contributed by atoms with Crippen LogP contribution in [0.4, 0.5) is 0 Å². The minimum Gasteiger partial charge on any atom is -0.494 e. The third kappa shape index (κ3) is 3.55. The van der Waals surface area contributed by atoms with Gasteiger partial charge in [0.2, 0.25) is 0 Å². The second kappa shape index (κ2) is 5.05. The quantitative estimate of drug-likeness (QED) is 0.789. The summed E-state index contributed by atoms with van der Waals surface area (Å²) in [6, 6.07) is 4.29. The van der Waals surface area contributed by atoms with Crippen LogP contribution in [-0.4, -0.2) is 15.0 Å². The van der Waals surface area contributed by atoms with Crippen molar-refractivity contribution in [1.29, 1.82) is 0 Å². The Labute approximate surface area is 98.4 Å². The number of benzene rings is 1. The van der Waals surface area contributed by atoms with E-state index in [4.69, 9.17) is 27.0 Å². The van der Waals surface area contributed by atoms with Crippen molar-refractivity contribution in [2.45, 2.75) is 18.2 Å². The SMILES string of the molecule is CCCOc1ccc(S(=O)(=O)Cl)c(Cl)c1. The first-order valence-corrected chi connectivity index (χ1v) is 7.01. The van der Waals surface area contributed by atoms with Gasteiger partial charge in [-0.25, -0.2) is 8.42 Å². The molecule has 1 rings (SSSR count). The van der Waals surface area contributed by atoms with Gasteiger partial charge in [-0.3, -0.25) is 0 Å². The predicted octanol–water partition coefficient (Wildman–Crippen LogP) is 3.06. The monoisotopic (exact) mass is 268 g/mol. The van der Waals surface area contributed by atoms with E-state index in [0.29, 0.717) is 12.4 Å². The van der Waals surface area contributed by atoms with Gasteiger partial charge < -0.3 is 4.74 Å². The lowest BCUT2D eigenvalue weighted by Crippen LogP contribution is -1.97. The van der Waals surface area contributed by atoms with Crippen LogP contribution in [0, 0.1) is 0 Å². The van der Waals surface area contributed by atoms with Crippen LogP contribution < -0.4 is 4.74 Å². The largest absolute Gasteiger partial charge is 0.494 e. The molecule has 0 aliphatic carbocycles. The summed E-state index contributed by atoms with van der Waals surface area (Å²) in [5.41, 5.74) is 0. The van der Waals surface area contributed by atoms with Crippen LogP contribution in [-0.2, 0) is 9.05 Å². The molecule has 0 aliphatic rings. The Morgan fingerprint density at radius 2 is 2.07 bits per heavy atom. The van der Waals surface area contributed by atoms with E-state index in [0.717, 1.165) is 6.42 Å². The average Bonchev–Trinajstić information content (AvgIpc) is 2.12. The predicted molar refractivity (Wildman–Crippen MR) is 60.3 cm³/mol. The fourth-order valence-corrected chi connectivity index (χ4v) is 2.51. The highest BCUT2D eigenvalue weighted by Crippen LogP contribution is 2.28. The molecule has 0 saturated heterocycles. The van der Waals surface area contributed by atoms with Gasteiger partial charge >= 0.3 is 0 Å². The van der Waals surface area contributed by atoms with Crippen LogP contribution >= 0.6 is 22.3 Å². The summed E-state index contributed by atoms with van der Waals surface area (Å²) in [6.45, 7) is 2.53. The van der Waals surface area contributed by atoms with E-state index in [-0.39, 0.29) is 9.92 Å². The van der Waals surface area contributed by atoms with E-state index < -0.39 is 9.05 Å². The first kappa shape index (κ1) is 12.6. The van der Waals surface area contributed by atoms with Crippen molar-refractivity contribution in [3.05, 3.63) is 23.2 Å². The van der Waals surface area contributed by atoms with Gasteiger partial charge in [-0.05, 0) is 18.6 Å². The molecule has 0 spiro atoms. The normalized spacial score (nSPS) is 11.4. The molecule has 0 unspecified atom stereocenters. The minimum absolute atomic E-state index is 0.0682. The summed E-state index contributed by atoms with van der Waals surface area (Å²) < 4.78 is 27.3. The maximum atomic E-state index is 11.0. The van der Waals surface area contributed by atoms with Gasteiger partial charge in [0, 0.05) is 16.7 Å². The second-order valence-corrected chi connectivity index (χ2v) is 5.82. The number of hydrogen-bond donors (Lipinski definition) is 0. The first-order chi connectivity index (χ1) is 6.95. The fraction of sp³-hybridized carbons (Fsp3) is 0.333. The van der Waals surface area contributed by atoms with Crippen LogP contribution in [0.5, 0.6) is 5.75 Å². The van der Waals surface area contributed by atoms with Crippen LogP contribution in [0.3, 0.4) is 0 Å². The molecule has 0 saturated carbocycles. The Morgan fingerprint density at radius 3 is 2.53 bits per heavy atom. The zero-order valence-corrected chi connectivity index (χ0v) is 10.4. The zero-order valence-electron chi connectivity index (χ0n) is 8.04. The van der Waals surface area contributed by atoms with E-state index >= 15 is 0 Å². The lowest BCUT2D eigenvalue weighted by Gasteiger charge is -2.06. The Morgan fingerprint density at radius 1 is 1.40 bits per heavy atom. The van der Waals surface area contributed by atoms with Crippen LogP contribution in [0.15, 0.2) is 23.1 Å². The first-order valence-electron chi connectivity index (χ1n) is 4.32. The molecule has 0 aromatic heterocycles. The van der Waals surface area contributed by atoms with Gasteiger partial charge in [0.25, 0.3) is 9.05 Å². The van der Waals surface area contributed by atoms with E-state index in [1.807, 2.05) is 6.92 Å². The molecule has 84 valence electrons. The highest BCUT2D eigenvalue weighted by Gasteiger charge is 2.14. The Bertz CT molecular complexity index is 443. The average molecular weight is 269 g/mol. The highest BCUT2D eigenvalue weighted by atomic mass is 35.7. The van der Waals surface area contributed by atoms with Crippen molar-refractivity contribution >= 4 is 31.3 Å². The summed E-state index contributed by atoms with van der Waals surface area (Å²) >= 11 is 5.75. The Balaban J connectivity index is 2.99. The third-order valence-corrected chi connectivity index (χ3v) is 3.44. The summed E-state index contributed by atoms with van der Waals surface area (Å²) in [5.74, 6) is 0.533. The third-order valence-electron chi connectivity index (χ3n) is 1.64. The Kier molecular flexibility index (Phi) is 4.25. The minimum atomic E-state index is -3.79. The lowest BCUT2D eigenvalue weighted by molar-refractivity contribution is 0.317. The number of hydrogen-bond acceptors (Lipinski definition) is 3.